The predicted octanol–water partition coefficient (Wildman–Crippen LogP) is 3.58. The fraction of sp³-hybridized carbons (Fsp3) is 0.286. The Morgan fingerprint density at radius 2 is 1.57 bits per heavy atom. The fourth-order valence-corrected chi connectivity index (χ4v) is 3.28. The molecule has 0 atom stereocenters. The van der Waals surface area contributed by atoms with Gasteiger partial charge in [-0.15, -0.1) is 0 Å². The number of methoxy groups -OCH3 is 1. The summed E-state index contributed by atoms with van der Waals surface area (Å²) in [7, 11) is 1.57. The molecule has 0 radical (unpaired) electrons. The van der Waals surface area contributed by atoms with Crippen LogP contribution in [0.25, 0.3) is 0 Å². The SMILES string of the molecule is COCCCN1C(=O)c2ccc(NC(=O)Nc3cc(C)cc(C)c3)cc2C1=O. The highest BCUT2D eigenvalue weighted by Crippen LogP contribution is 2.26. The first-order chi connectivity index (χ1) is 13.4. The van der Waals surface area contributed by atoms with Crippen molar-refractivity contribution < 1.29 is 19.1 Å². The predicted molar refractivity (Wildman–Crippen MR) is 107 cm³/mol. The minimum absolute atomic E-state index is 0.298. The van der Waals surface area contributed by atoms with Crippen molar-refractivity contribution >= 4 is 29.2 Å². The summed E-state index contributed by atoms with van der Waals surface area (Å²) in [5.74, 6) is -0.670. The molecule has 3 rings (SSSR count). The number of imide groups is 1. The first-order valence-electron chi connectivity index (χ1n) is 9.04. The number of nitrogens with one attached hydrogen (secondary N) is 2. The fourth-order valence-electron chi connectivity index (χ4n) is 3.28. The van der Waals surface area contributed by atoms with Crippen molar-refractivity contribution in [2.75, 3.05) is 30.9 Å². The first kappa shape index (κ1) is 19.6. The summed E-state index contributed by atoms with van der Waals surface area (Å²) in [6.45, 7) is 4.68. The van der Waals surface area contributed by atoms with Crippen LogP contribution < -0.4 is 10.6 Å². The normalized spacial score (nSPS) is 12.9. The zero-order valence-electron chi connectivity index (χ0n) is 16.2. The van der Waals surface area contributed by atoms with Crippen LogP contribution in [0.1, 0.15) is 38.3 Å². The Hall–Kier alpha value is -3.19. The number of anilines is 2. The van der Waals surface area contributed by atoms with Crippen molar-refractivity contribution in [3.63, 3.8) is 0 Å². The number of ether oxygens (including phenoxy) is 1. The molecule has 28 heavy (non-hydrogen) atoms. The van der Waals surface area contributed by atoms with Crippen LogP contribution in [0.15, 0.2) is 36.4 Å². The van der Waals surface area contributed by atoms with Crippen LogP contribution in [0, 0.1) is 13.8 Å². The molecule has 7 heteroatoms. The van der Waals surface area contributed by atoms with Gasteiger partial charge in [-0.3, -0.25) is 14.5 Å². The second-order valence-electron chi connectivity index (χ2n) is 6.82. The molecule has 1 aliphatic rings. The summed E-state index contributed by atoms with van der Waals surface area (Å²) in [6.07, 6.45) is 0.575. The number of benzene rings is 2. The highest BCUT2D eigenvalue weighted by atomic mass is 16.5. The molecule has 2 aromatic carbocycles. The molecule has 0 fully saturated rings. The third-order valence-corrected chi connectivity index (χ3v) is 4.44. The third-order valence-electron chi connectivity index (χ3n) is 4.44. The van der Waals surface area contributed by atoms with E-state index < -0.39 is 6.03 Å². The van der Waals surface area contributed by atoms with Gasteiger partial charge in [0.1, 0.15) is 0 Å². The van der Waals surface area contributed by atoms with E-state index in [1.54, 1.807) is 19.2 Å². The molecule has 7 nitrogen and oxygen atoms in total. The molecule has 0 unspecified atom stereocenters. The zero-order chi connectivity index (χ0) is 20.3. The van der Waals surface area contributed by atoms with E-state index in [9.17, 15) is 14.4 Å². The number of carbonyl (C=O) groups excluding carboxylic acids is 3. The topological polar surface area (TPSA) is 87.7 Å². The average Bonchev–Trinajstić information content (AvgIpc) is 2.85. The van der Waals surface area contributed by atoms with Crippen molar-refractivity contribution in [1.29, 1.82) is 0 Å². The molecule has 1 heterocycles. The van der Waals surface area contributed by atoms with Gasteiger partial charge in [0.25, 0.3) is 11.8 Å². The lowest BCUT2D eigenvalue weighted by atomic mass is 10.1. The van der Waals surface area contributed by atoms with Gasteiger partial charge in [0.15, 0.2) is 0 Å². The van der Waals surface area contributed by atoms with Crippen molar-refractivity contribution in [2.24, 2.45) is 0 Å². The minimum atomic E-state index is -0.418. The van der Waals surface area contributed by atoms with Gasteiger partial charge in [-0.2, -0.15) is 0 Å². The van der Waals surface area contributed by atoms with Crippen LogP contribution in [-0.4, -0.2) is 43.0 Å². The number of hydrogen-bond donors (Lipinski definition) is 2. The van der Waals surface area contributed by atoms with Gasteiger partial charge in [0.05, 0.1) is 11.1 Å². The highest BCUT2D eigenvalue weighted by molar-refractivity contribution is 6.22. The van der Waals surface area contributed by atoms with Crippen molar-refractivity contribution in [3.8, 4) is 0 Å². The number of rotatable bonds is 6. The number of amides is 4. The van der Waals surface area contributed by atoms with E-state index in [0.717, 1.165) is 11.1 Å². The van der Waals surface area contributed by atoms with Gasteiger partial charge < -0.3 is 15.4 Å². The summed E-state index contributed by atoms with van der Waals surface area (Å²) in [4.78, 5) is 38.4. The monoisotopic (exact) mass is 381 g/mol. The van der Waals surface area contributed by atoms with Gasteiger partial charge in [0, 0.05) is 31.6 Å². The Labute approximate surface area is 163 Å². The first-order valence-corrected chi connectivity index (χ1v) is 9.04. The molecule has 0 aliphatic carbocycles. The Kier molecular flexibility index (Phi) is 5.75. The lowest BCUT2D eigenvalue weighted by Gasteiger charge is -2.12. The van der Waals surface area contributed by atoms with Gasteiger partial charge in [-0.1, -0.05) is 6.07 Å². The van der Waals surface area contributed by atoms with Crippen LogP contribution in [0.3, 0.4) is 0 Å². The second-order valence-corrected chi connectivity index (χ2v) is 6.82. The van der Waals surface area contributed by atoms with Gasteiger partial charge >= 0.3 is 6.03 Å². The van der Waals surface area contributed by atoms with Crippen LogP contribution in [0.4, 0.5) is 16.2 Å². The molecular weight excluding hydrogens is 358 g/mol. The van der Waals surface area contributed by atoms with Crippen molar-refractivity contribution in [1.82, 2.24) is 4.90 Å². The lowest BCUT2D eigenvalue weighted by molar-refractivity contribution is 0.0638. The molecule has 0 aromatic heterocycles. The maximum atomic E-state index is 12.5. The van der Waals surface area contributed by atoms with Crippen molar-refractivity contribution in [3.05, 3.63) is 58.7 Å². The summed E-state index contributed by atoms with van der Waals surface area (Å²) in [6, 6.07) is 10.1. The molecule has 0 saturated heterocycles. The summed E-state index contributed by atoms with van der Waals surface area (Å²) < 4.78 is 4.97. The molecular formula is C21H23N3O4. The standard InChI is InChI=1S/C21H23N3O4/c1-13-9-14(2)11-16(10-13)23-21(27)22-15-5-6-17-18(12-15)20(26)24(19(17)25)7-4-8-28-3/h5-6,9-12H,4,7-8H2,1-3H3,(H2,22,23,27). The largest absolute Gasteiger partial charge is 0.385 e. The van der Waals surface area contributed by atoms with E-state index in [0.29, 0.717) is 42.1 Å². The molecule has 4 amide bonds. The number of hydrogen-bond acceptors (Lipinski definition) is 4. The molecule has 2 aromatic rings. The van der Waals surface area contributed by atoms with E-state index in [-0.39, 0.29) is 11.8 Å². The highest BCUT2D eigenvalue weighted by Gasteiger charge is 2.35. The summed E-state index contributed by atoms with van der Waals surface area (Å²) >= 11 is 0. The number of aryl methyl sites for hydroxylation is 2. The average molecular weight is 381 g/mol. The van der Waals surface area contributed by atoms with E-state index in [1.807, 2.05) is 32.0 Å². The number of urea groups is 1. The summed E-state index contributed by atoms with van der Waals surface area (Å²) in [5, 5.41) is 5.49. The lowest BCUT2D eigenvalue weighted by Crippen LogP contribution is -2.31. The molecule has 2 N–H and O–H groups in total. The van der Waals surface area contributed by atoms with E-state index >= 15 is 0 Å². The molecule has 146 valence electrons. The minimum Gasteiger partial charge on any atom is -0.385 e. The van der Waals surface area contributed by atoms with Crippen LogP contribution in [0.2, 0.25) is 0 Å². The Morgan fingerprint density at radius 3 is 2.25 bits per heavy atom. The van der Waals surface area contributed by atoms with Crippen LogP contribution in [-0.2, 0) is 4.74 Å². The molecule has 1 aliphatic heterocycles. The maximum absolute atomic E-state index is 12.5. The number of nitrogens with zero attached hydrogens (tertiary/aromatic N) is 1. The number of carbonyl (C=O) groups is 3. The summed E-state index contributed by atoms with van der Waals surface area (Å²) in [5.41, 5.74) is 3.87. The van der Waals surface area contributed by atoms with Crippen LogP contribution >= 0.6 is 0 Å². The van der Waals surface area contributed by atoms with Crippen molar-refractivity contribution in [2.45, 2.75) is 20.3 Å². The van der Waals surface area contributed by atoms with E-state index in [4.69, 9.17) is 4.74 Å². The van der Waals surface area contributed by atoms with E-state index in [1.165, 1.54) is 11.0 Å². The van der Waals surface area contributed by atoms with Crippen LogP contribution in [0.5, 0.6) is 0 Å². The quantitative estimate of drug-likeness (QED) is 0.591. The Morgan fingerprint density at radius 1 is 0.929 bits per heavy atom. The number of fused-ring (bicyclic) bond motifs is 1. The Balaban J connectivity index is 1.70. The molecule has 0 bridgehead atoms. The molecule has 0 spiro atoms. The van der Waals surface area contributed by atoms with Gasteiger partial charge in [-0.05, 0) is 61.7 Å². The third kappa shape index (κ3) is 4.20. The van der Waals surface area contributed by atoms with Gasteiger partial charge in [0.2, 0.25) is 0 Å². The molecule has 0 saturated carbocycles. The second kappa shape index (κ2) is 8.22. The van der Waals surface area contributed by atoms with Gasteiger partial charge in [-0.25, -0.2) is 4.79 Å². The zero-order valence-corrected chi connectivity index (χ0v) is 16.2. The smallest absolute Gasteiger partial charge is 0.323 e. The Bertz CT molecular complexity index is 919. The maximum Gasteiger partial charge on any atom is 0.323 e. The van der Waals surface area contributed by atoms with E-state index in [2.05, 4.69) is 10.6 Å².